The lowest BCUT2D eigenvalue weighted by molar-refractivity contribution is 0.350. The molecule has 0 radical (unpaired) electrons. The Hall–Kier alpha value is -1.35. The molecule has 1 fully saturated rings. The SMILES string of the molecule is CCC1CC1NS(=O)(=O)c1ccc(C#CCO)c(C)c1. The van der Waals surface area contributed by atoms with Crippen LogP contribution in [-0.2, 0) is 10.0 Å². The van der Waals surface area contributed by atoms with Gasteiger partial charge in [-0.05, 0) is 43.0 Å². The van der Waals surface area contributed by atoms with Crippen molar-refractivity contribution in [2.24, 2.45) is 5.92 Å². The molecule has 1 saturated carbocycles. The van der Waals surface area contributed by atoms with Crippen molar-refractivity contribution in [1.29, 1.82) is 0 Å². The molecule has 1 aliphatic carbocycles. The van der Waals surface area contributed by atoms with Crippen molar-refractivity contribution in [2.75, 3.05) is 6.61 Å². The van der Waals surface area contributed by atoms with Crippen LogP contribution in [0, 0.1) is 24.7 Å². The molecule has 0 aromatic heterocycles. The summed E-state index contributed by atoms with van der Waals surface area (Å²) in [4.78, 5) is 0.270. The van der Waals surface area contributed by atoms with Gasteiger partial charge in [-0.1, -0.05) is 25.2 Å². The Morgan fingerprint density at radius 1 is 1.45 bits per heavy atom. The Balaban J connectivity index is 2.18. The molecule has 0 amide bonds. The fourth-order valence-corrected chi connectivity index (χ4v) is 3.59. The van der Waals surface area contributed by atoms with Crippen LogP contribution in [0.4, 0.5) is 0 Å². The van der Waals surface area contributed by atoms with E-state index in [2.05, 4.69) is 23.5 Å². The zero-order valence-corrected chi connectivity index (χ0v) is 12.5. The van der Waals surface area contributed by atoms with Gasteiger partial charge >= 0.3 is 0 Å². The minimum absolute atomic E-state index is 0.0826. The van der Waals surface area contributed by atoms with Crippen LogP contribution in [-0.4, -0.2) is 26.2 Å². The van der Waals surface area contributed by atoms with Crippen LogP contribution in [0.3, 0.4) is 0 Å². The van der Waals surface area contributed by atoms with E-state index < -0.39 is 10.0 Å². The first-order valence-corrected chi connectivity index (χ1v) is 8.19. The fraction of sp³-hybridized carbons (Fsp3) is 0.467. The monoisotopic (exact) mass is 293 g/mol. The number of aliphatic hydroxyl groups excluding tert-OH is 1. The molecule has 0 spiro atoms. The maximum Gasteiger partial charge on any atom is 0.240 e. The molecule has 2 N–H and O–H groups in total. The second kappa shape index (κ2) is 5.96. The number of nitrogens with one attached hydrogen (secondary N) is 1. The predicted octanol–water partition coefficient (Wildman–Crippen LogP) is 1.42. The van der Waals surface area contributed by atoms with Crippen molar-refractivity contribution in [1.82, 2.24) is 4.72 Å². The standard InChI is InChI=1S/C15H19NO3S/c1-3-12-10-15(12)16-20(18,19)14-7-6-13(5-4-8-17)11(2)9-14/h6-7,9,12,15-17H,3,8,10H2,1-2H3. The summed E-state index contributed by atoms with van der Waals surface area (Å²) in [6, 6.07) is 4.93. The molecule has 0 aliphatic heterocycles. The van der Waals surface area contributed by atoms with Gasteiger partial charge in [0.1, 0.15) is 6.61 Å². The molecule has 2 atom stereocenters. The maximum absolute atomic E-state index is 12.2. The molecule has 1 aromatic carbocycles. The molecule has 1 aromatic rings. The lowest BCUT2D eigenvalue weighted by atomic mass is 10.1. The van der Waals surface area contributed by atoms with Crippen molar-refractivity contribution >= 4 is 10.0 Å². The van der Waals surface area contributed by atoms with E-state index in [1.54, 1.807) is 18.2 Å². The summed E-state index contributed by atoms with van der Waals surface area (Å²) in [5.74, 6) is 5.83. The van der Waals surface area contributed by atoms with E-state index in [1.807, 2.05) is 6.92 Å². The first-order valence-electron chi connectivity index (χ1n) is 6.70. The third-order valence-corrected chi connectivity index (χ3v) is 5.05. The summed E-state index contributed by atoms with van der Waals surface area (Å²) in [5.41, 5.74) is 1.52. The molecule has 0 saturated heterocycles. The molecular formula is C15H19NO3S. The fourth-order valence-electron chi connectivity index (χ4n) is 2.19. The third kappa shape index (κ3) is 3.40. The van der Waals surface area contributed by atoms with Gasteiger partial charge in [-0.2, -0.15) is 0 Å². The number of sulfonamides is 1. The lowest BCUT2D eigenvalue weighted by Gasteiger charge is -2.08. The van der Waals surface area contributed by atoms with E-state index in [0.29, 0.717) is 5.92 Å². The number of benzene rings is 1. The average molecular weight is 293 g/mol. The second-order valence-electron chi connectivity index (χ2n) is 5.07. The maximum atomic E-state index is 12.2. The van der Waals surface area contributed by atoms with Crippen molar-refractivity contribution in [3.63, 3.8) is 0 Å². The normalized spacial score (nSPS) is 21.1. The topological polar surface area (TPSA) is 66.4 Å². The number of aliphatic hydroxyl groups is 1. The zero-order valence-electron chi connectivity index (χ0n) is 11.7. The van der Waals surface area contributed by atoms with Crippen molar-refractivity contribution in [2.45, 2.75) is 37.6 Å². The quantitative estimate of drug-likeness (QED) is 0.825. The van der Waals surface area contributed by atoms with Gasteiger partial charge in [0, 0.05) is 11.6 Å². The largest absolute Gasteiger partial charge is 0.384 e. The summed E-state index contributed by atoms with van der Waals surface area (Å²) in [6.07, 6.45) is 1.93. The number of aryl methyl sites for hydroxylation is 1. The second-order valence-corrected chi connectivity index (χ2v) is 6.78. The van der Waals surface area contributed by atoms with Crippen molar-refractivity contribution in [3.05, 3.63) is 29.3 Å². The van der Waals surface area contributed by atoms with Crippen LogP contribution in [0.2, 0.25) is 0 Å². The van der Waals surface area contributed by atoms with Crippen molar-refractivity contribution in [3.8, 4) is 11.8 Å². The van der Waals surface area contributed by atoms with Gasteiger partial charge in [-0.25, -0.2) is 13.1 Å². The van der Waals surface area contributed by atoms with Crippen LogP contribution in [0.25, 0.3) is 0 Å². The Morgan fingerprint density at radius 3 is 2.75 bits per heavy atom. The third-order valence-electron chi connectivity index (χ3n) is 3.56. The Kier molecular flexibility index (Phi) is 4.48. The highest BCUT2D eigenvalue weighted by Crippen LogP contribution is 2.34. The molecule has 108 valence electrons. The molecular weight excluding hydrogens is 274 g/mol. The van der Waals surface area contributed by atoms with Gasteiger partial charge in [-0.3, -0.25) is 0 Å². The van der Waals surface area contributed by atoms with Crippen LogP contribution in [0.1, 0.15) is 30.9 Å². The summed E-state index contributed by atoms with van der Waals surface area (Å²) in [6.45, 7) is 3.67. The summed E-state index contributed by atoms with van der Waals surface area (Å²) in [7, 11) is -3.45. The van der Waals surface area contributed by atoms with Gasteiger partial charge < -0.3 is 5.11 Å². The van der Waals surface area contributed by atoms with Crippen LogP contribution >= 0.6 is 0 Å². The Morgan fingerprint density at radius 2 is 2.20 bits per heavy atom. The Bertz CT molecular complexity index is 655. The van der Waals surface area contributed by atoms with Gasteiger partial charge in [0.15, 0.2) is 0 Å². The Labute approximate surface area is 120 Å². The summed E-state index contributed by atoms with van der Waals surface area (Å²) >= 11 is 0. The van der Waals surface area contributed by atoms with Gasteiger partial charge in [0.2, 0.25) is 10.0 Å². The molecule has 2 unspecified atom stereocenters. The minimum Gasteiger partial charge on any atom is -0.384 e. The van der Waals surface area contributed by atoms with E-state index in [4.69, 9.17) is 5.11 Å². The molecule has 0 heterocycles. The van der Waals surface area contributed by atoms with Crippen LogP contribution in [0.5, 0.6) is 0 Å². The van der Waals surface area contributed by atoms with E-state index in [1.165, 1.54) is 0 Å². The van der Waals surface area contributed by atoms with Gasteiger partial charge in [-0.15, -0.1) is 0 Å². The van der Waals surface area contributed by atoms with Gasteiger partial charge in [0.25, 0.3) is 0 Å². The molecule has 1 aliphatic rings. The molecule has 4 nitrogen and oxygen atoms in total. The minimum atomic E-state index is -3.45. The van der Waals surface area contributed by atoms with E-state index in [0.717, 1.165) is 24.0 Å². The van der Waals surface area contributed by atoms with Gasteiger partial charge in [0.05, 0.1) is 4.90 Å². The number of hydrogen-bond acceptors (Lipinski definition) is 3. The average Bonchev–Trinajstić information content (AvgIpc) is 3.14. The first-order chi connectivity index (χ1) is 9.47. The van der Waals surface area contributed by atoms with E-state index in [9.17, 15) is 8.42 Å². The predicted molar refractivity (Wildman–Crippen MR) is 77.7 cm³/mol. The highest BCUT2D eigenvalue weighted by molar-refractivity contribution is 7.89. The summed E-state index contributed by atoms with van der Waals surface area (Å²) < 4.78 is 27.2. The van der Waals surface area contributed by atoms with Crippen LogP contribution in [0.15, 0.2) is 23.1 Å². The molecule has 5 heteroatoms. The smallest absolute Gasteiger partial charge is 0.240 e. The van der Waals surface area contributed by atoms with E-state index in [-0.39, 0.29) is 17.5 Å². The first kappa shape index (κ1) is 15.0. The lowest BCUT2D eigenvalue weighted by Crippen LogP contribution is -2.27. The molecule has 2 rings (SSSR count). The molecule has 0 bridgehead atoms. The summed E-state index contributed by atoms with van der Waals surface area (Å²) in [5, 5.41) is 8.68. The highest BCUT2D eigenvalue weighted by Gasteiger charge is 2.38. The van der Waals surface area contributed by atoms with Crippen molar-refractivity contribution < 1.29 is 13.5 Å². The molecule has 20 heavy (non-hydrogen) atoms. The zero-order chi connectivity index (χ0) is 14.8. The highest BCUT2D eigenvalue weighted by atomic mass is 32.2. The van der Waals surface area contributed by atoms with E-state index >= 15 is 0 Å². The van der Waals surface area contributed by atoms with Crippen LogP contribution < -0.4 is 4.72 Å². The number of hydrogen-bond donors (Lipinski definition) is 2. The number of rotatable bonds is 4.